The van der Waals surface area contributed by atoms with Crippen molar-refractivity contribution in [1.29, 1.82) is 0 Å². The Morgan fingerprint density at radius 2 is 2.00 bits per heavy atom. The molecule has 4 heteroatoms. The molecule has 0 amide bonds. The zero-order chi connectivity index (χ0) is 12.7. The topological polar surface area (TPSA) is 47.0 Å². The molecule has 0 aliphatic carbocycles. The molecule has 0 unspecified atom stereocenters. The number of rotatable bonds is 7. The predicted octanol–water partition coefficient (Wildman–Crippen LogP) is 2.96. The number of methoxy groups -OCH3 is 1. The molecular formula is C13H23N3O. The fourth-order valence-corrected chi connectivity index (χ4v) is 1.88. The van der Waals surface area contributed by atoms with Crippen LogP contribution in [0.2, 0.25) is 0 Å². The average Bonchev–Trinajstić information content (AvgIpc) is 2.40. The summed E-state index contributed by atoms with van der Waals surface area (Å²) in [6.07, 6.45) is 4.62. The lowest BCUT2D eigenvalue weighted by molar-refractivity contribution is -0.0290. The summed E-state index contributed by atoms with van der Waals surface area (Å²) in [6.45, 7) is 7.26. The van der Waals surface area contributed by atoms with Gasteiger partial charge < -0.3 is 10.1 Å². The molecule has 0 radical (unpaired) electrons. The maximum absolute atomic E-state index is 5.63. The lowest BCUT2D eigenvalue weighted by atomic mass is 9.96. The van der Waals surface area contributed by atoms with Crippen molar-refractivity contribution >= 4 is 5.82 Å². The second-order valence-corrected chi connectivity index (χ2v) is 4.10. The average molecular weight is 237 g/mol. The third-order valence-corrected chi connectivity index (χ3v) is 3.15. The molecule has 0 bridgehead atoms. The summed E-state index contributed by atoms with van der Waals surface area (Å²) in [4.78, 5) is 8.90. The van der Waals surface area contributed by atoms with Crippen LogP contribution in [0, 0.1) is 0 Å². The van der Waals surface area contributed by atoms with Crippen LogP contribution in [0.15, 0.2) is 12.3 Å². The van der Waals surface area contributed by atoms with Gasteiger partial charge in [-0.3, -0.25) is 0 Å². The van der Waals surface area contributed by atoms with Crippen LogP contribution in [0.1, 0.15) is 45.9 Å². The van der Waals surface area contributed by atoms with Crippen LogP contribution in [0.3, 0.4) is 0 Å². The molecule has 1 N–H and O–H groups in total. The van der Waals surface area contributed by atoms with Gasteiger partial charge in [-0.05, 0) is 25.3 Å². The molecule has 96 valence electrons. The van der Waals surface area contributed by atoms with Crippen LogP contribution in [-0.2, 0) is 10.3 Å². The molecule has 0 spiro atoms. The van der Waals surface area contributed by atoms with Crippen LogP contribution in [0.4, 0.5) is 5.82 Å². The third kappa shape index (κ3) is 3.16. The summed E-state index contributed by atoms with van der Waals surface area (Å²) in [6, 6.07) is 1.89. The van der Waals surface area contributed by atoms with Gasteiger partial charge in [0.1, 0.15) is 11.4 Å². The minimum atomic E-state index is -0.357. The summed E-state index contributed by atoms with van der Waals surface area (Å²) < 4.78 is 5.63. The van der Waals surface area contributed by atoms with Gasteiger partial charge in [-0.1, -0.05) is 20.8 Å². The predicted molar refractivity (Wildman–Crippen MR) is 70.1 cm³/mol. The van der Waals surface area contributed by atoms with Crippen molar-refractivity contribution < 1.29 is 4.74 Å². The van der Waals surface area contributed by atoms with E-state index in [9.17, 15) is 0 Å². The highest BCUT2D eigenvalue weighted by Gasteiger charge is 2.31. The van der Waals surface area contributed by atoms with Crippen LogP contribution < -0.4 is 5.32 Å². The number of aromatic nitrogens is 2. The Kier molecular flexibility index (Phi) is 5.35. The smallest absolute Gasteiger partial charge is 0.162 e. The molecule has 0 aliphatic heterocycles. The fourth-order valence-electron chi connectivity index (χ4n) is 1.88. The minimum absolute atomic E-state index is 0.357. The number of hydrogen-bond acceptors (Lipinski definition) is 4. The van der Waals surface area contributed by atoms with Crippen molar-refractivity contribution in [2.75, 3.05) is 19.0 Å². The summed E-state index contributed by atoms with van der Waals surface area (Å²) in [5.74, 6) is 1.64. The van der Waals surface area contributed by atoms with E-state index < -0.39 is 0 Å². The molecule has 1 heterocycles. The van der Waals surface area contributed by atoms with E-state index in [1.807, 2.05) is 6.07 Å². The SMILES string of the molecule is CCCNc1ccnc(C(CC)(CC)OC)n1. The van der Waals surface area contributed by atoms with E-state index in [-0.39, 0.29) is 5.60 Å². The number of ether oxygens (including phenoxy) is 1. The molecule has 0 saturated carbocycles. The van der Waals surface area contributed by atoms with E-state index in [0.29, 0.717) is 0 Å². The molecular weight excluding hydrogens is 214 g/mol. The van der Waals surface area contributed by atoms with Gasteiger partial charge in [0, 0.05) is 19.9 Å². The molecule has 1 aromatic heterocycles. The van der Waals surface area contributed by atoms with Crippen molar-refractivity contribution in [1.82, 2.24) is 9.97 Å². The third-order valence-electron chi connectivity index (χ3n) is 3.15. The largest absolute Gasteiger partial charge is 0.370 e. The Hall–Kier alpha value is -1.16. The van der Waals surface area contributed by atoms with Crippen molar-refractivity contribution in [2.24, 2.45) is 0 Å². The number of anilines is 1. The standard InChI is InChI=1S/C13H23N3O/c1-5-9-14-11-8-10-15-12(16-11)13(6-2,7-3)17-4/h8,10H,5-7,9H2,1-4H3,(H,14,15,16). The first-order chi connectivity index (χ1) is 8.22. The van der Waals surface area contributed by atoms with Crippen LogP contribution in [0.25, 0.3) is 0 Å². The van der Waals surface area contributed by atoms with E-state index in [2.05, 4.69) is 36.1 Å². The van der Waals surface area contributed by atoms with E-state index in [1.54, 1.807) is 13.3 Å². The maximum atomic E-state index is 5.63. The highest BCUT2D eigenvalue weighted by molar-refractivity contribution is 5.33. The van der Waals surface area contributed by atoms with Gasteiger partial charge in [-0.15, -0.1) is 0 Å². The first-order valence-electron chi connectivity index (χ1n) is 6.35. The van der Waals surface area contributed by atoms with E-state index >= 15 is 0 Å². The van der Waals surface area contributed by atoms with E-state index in [0.717, 1.165) is 37.4 Å². The Balaban J connectivity index is 2.96. The highest BCUT2D eigenvalue weighted by atomic mass is 16.5. The Bertz CT molecular complexity index is 329. The number of nitrogens with one attached hydrogen (secondary N) is 1. The summed E-state index contributed by atoms with van der Waals surface area (Å²) >= 11 is 0. The van der Waals surface area contributed by atoms with E-state index in [4.69, 9.17) is 4.74 Å². The van der Waals surface area contributed by atoms with Crippen molar-refractivity contribution in [3.63, 3.8) is 0 Å². The molecule has 0 aromatic carbocycles. The van der Waals surface area contributed by atoms with Crippen LogP contribution >= 0.6 is 0 Å². The van der Waals surface area contributed by atoms with Gasteiger partial charge in [0.15, 0.2) is 5.82 Å². The normalized spacial score (nSPS) is 11.5. The summed E-state index contributed by atoms with van der Waals surface area (Å²) in [5, 5.41) is 3.27. The van der Waals surface area contributed by atoms with Gasteiger partial charge in [-0.2, -0.15) is 0 Å². The van der Waals surface area contributed by atoms with Crippen molar-refractivity contribution in [3.05, 3.63) is 18.1 Å². The molecule has 17 heavy (non-hydrogen) atoms. The lowest BCUT2D eigenvalue weighted by Gasteiger charge is -2.28. The lowest BCUT2D eigenvalue weighted by Crippen LogP contribution is -2.29. The van der Waals surface area contributed by atoms with Crippen LogP contribution in [-0.4, -0.2) is 23.6 Å². The summed E-state index contributed by atoms with van der Waals surface area (Å²) in [5.41, 5.74) is -0.357. The second-order valence-electron chi connectivity index (χ2n) is 4.10. The number of hydrogen-bond donors (Lipinski definition) is 1. The molecule has 4 nitrogen and oxygen atoms in total. The Labute approximate surface area is 104 Å². The van der Waals surface area contributed by atoms with Crippen LogP contribution in [0.5, 0.6) is 0 Å². The quantitative estimate of drug-likeness (QED) is 0.792. The van der Waals surface area contributed by atoms with Crippen molar-refractivity contribution in [3.8, 4) is 0 Å². The van der Waals surface area contributed by atoms with Gasteiger partial charge in [0.25, 0.3) is 0 Å². The molecule has 1 rings (SSSR count). The fraction of sp³-hybridized carbons (Fsp3) is 0.692. The minimum Gasteiger partial charge on any atom is -0.370 e. The van der Waals surface area contributed by atoms with Gasteiger partial charge in [0.05, 0.1) is 0 Å². The second kappa shape index (κ2) is 6.55. The highest BCUT2D eigenvalue weighted by Crippen LogP contribution is 2.29. The molecule has 0 saturated heterocycles. The molecule has 1 aromatic rings. The van der Waals surface area contributed by atoms with Gasteiger partial charge >= 0.3 is 0 Å². The zero-order valence-corrected chi connectivity index (χ0v) is 11.3. The zero-order valence-electron chi connectivity index (χ0n) is 11.3. The van der Waals surface area contributed by atoms with Crippen molar-refractivity contribution in [2.45, 2.75) is 45.6 Å². The first-order valence-corrected chi connectivity index (χ1v) is 6.35. The molecule has 0 aliphatic rings. The molecule has 0 atom stereocenters. The first kappa shape index (κ1) is 13.9. The van der Waals surface area contributed by atoms with E-state index in [1.165, 1.54) is 0 Å². The molecule has 0 fully saturated rings. The maximum Gasteiger partial charge on any atom is 0.162 e. The monoisotopic (exact) mass is 237 g/mol. The van der Waals surface area contributed by atoms with Gasteiger partial charge in [0.2, 0.25) is 0 Å². The summed E-state index contributed by atoms with van der Waals surface area (Å²) in [7, 11) is 1.72. The Morgan fingerprint density at radius 1 is 1.29 bits per heavy atom. The van der Waals surface area contributed by atoms with Gasteiger partial charge in [-0.25, -0.2) is 9.97 Å². The number of nitrogens with zero attached hydrogens (tertiary/aromatic N) is 2. The Morgan fingerprint density at radius 3 is 2.53 bits per heavy atom.